The number of aromatic nitrogens is 2. The van der Waals surface area contributed by atoms with Crippen molar-refractivity contribution in [3.8, 4) is 0 Å². The van der Waals surface area contributed by atoms with Crippen LogP contribution >= 0.6 is 11.6 Å². The number of halogens is 1. The third kappa shape index (κ3) is 2.83. The Morgan fingerprint density at radius 3 is 3.00 bits per heavy atom. The molecule has 1 aromatic rings. The molecule has 1 aromatic heterocycles. The monoisotopic (exact) mass is 240 g/mol. The Morgan fingerprint density at radius 2 is 2.38 bits per heavy atom. The largest absolute Gasteiger partial charge is 0.368 e. The van der Waals surface area contributed by atoms with Crippen LogP contribution in [0.25, 0.3) is 0 Å². The number of likely N-dealkylation sites (tertiary alicyclic amines) is 1. The minimum atomic E-state index is 0.308. The van der Waals surface area contributed by atoms with E-state index in [1.54, 1.807) is 0 Å². The molecule has 1 aliphatic rings. The Bertz CT molecular complexity index is 349. The Balaban J connectivity index is 1.94. The van der Waals surface area contributed by atoms with Gasteiger partial charge in [-0.15, -0.1) is 0 Å². The summed E-state index contributed by atoms with van der Waals surface area (Å²) >= 11 is 5.80. The second kappa shape index (κ2) is 4.97. The molecule has 1 aliphatic heterocycles. The lowest BCUT2D eigenvalue weighted by molar-refractivity contribution is 0.322. The van der Waals surface area contributed by atoms with E-state index in [0.29, 0.717) is 11.3 Å². The highest BCUT2D eigenvalue weighted by atomic mass is 35.5. The lowest BCUT2D eigenvalue weighted by atomic mass is 10.2. The fraction of sp³-hybridized carbons (Fsp3) is 0.636. The van der Waals surface area contributed by atoms with Crippen molar-refractivity contribution in [3.63, 3.8) is 0 Å². The maximum absolute atomic E-state index is 5.80. The van der Waals surface area contributed by atoms with Crippen LogP contribution in [0.3, 0.4) is 0 Å². The molecule has 2 rings (SSSR count). The van der Waals surface area contributed by atoms with E-state index in [9.17, 15) is 0 Å². The van der Waals surface area contributed by atoms with Crippen molar-refractivity contribution >= 4 is 17.4 Å². The summed E-state index contributed by atoms with van der Waals surface area (Å²) in [5.74, 6) is 0.817. The highest BCUT2D eigenvalue weighted by Gasteiger charge is 2.20. The number of likely N-dealkylation sites (N-methyl/N-ethyl adjacent to an activating group) is 1. The molecular weight excluding hydrogens is 224 g/mol. The zero-order valence-electron chi connectivity index (χ0n) is 9.70. The van der Waals surface area contributed by atoms with Gasteiger partial charge in [-0.3, -0.25) is 0 Å². The molecule has 0 spiro atoms. The van der Waals surface area contributed by atoms with Crippen LogP contribution in [0, 0.1) is 6.92 Å². The lowest BCUT2D eigenvalue weighted by Gasteiger charge is -2.19. The summed E-state index contributed by atoms with van der Waals surface area (Å²) in [6.45, 7) is 4.03. The number of anilines is 1. The molecule has 0 amide bonds. The van der Waals surface area contributed by atoms with Crippen LogP contribution in [0.15, 0.2) is 6.07 Å². The third-order valence-electron chi connectivity index (χ3n) is 3.02. The van der Waals surface area contributed by atoms with Gasteiger partial charge in [0.15, 0.2) is 0 Å². The normalized spacial score (nSPS) is 21.3. The van der Waals surface area contributed by atoms with E-state index in [1.807, 2.05) is 13.0 Å². The predicted octanol–water partition coefficient (Wildman–Crippen LogP) is 1.94. The van der Waals surface area contributed by atoms with Crippen molar-refractivity contribution in [1.29, 1.82) is 0 Å². The van der Waals surface area contributed by atoms with Crippen LogP contribution in [-0.2, 0) is 0 Å². The first-order valence-electron chi connectivity index (χ1n) is 5.60. The lowest BCUT2D eigenvalue weighted by Crippen LogP contribution is -2.31. The van der Waals surface area contributed by atoms with Crippen LogP contribution in [-0.4, -0.2) is 41.0 Å². The Hall–Kier alpha value is -0.870. The zero-order valence-corrected chi connectivity index (χ0v) is 10.5. The number of rotatable bonds is 3. The van der Waals surface area contributed by atoms with E-state index >= 15 is 0 Å². The first-order valence-corrected chi connectivity index (χ1v) is 5.98. The van der Waals surface area contributed by atoms with Crippen molar-refractivity contribution in [3.05, 3.63) is 17.0 Å². The van der Waals surface area contributed by atoms with Crippen LogP contribution in [0.4, 0.5) is 5.82 Å². The molecule has 0 saturated carbocycles. The molecule has 1 fully saturated rings. The van der Waals surface area contributed by atoms with Crippen molar-refractivity contribution in [2.45, 2.75) is 25.8 Å². The molecule has 0 aromatic carbocycles. The van der Waals surface area contributed by atoms with Crippen molar-refractivity contribution in [2.75, 3.05) is 25.5 Å². The Morgan fingerprint density at radius 1 is 1.56 bits per heavy atom. The average Bonchev–Trinajstić information content (AvgIpc) is 2.59. The molecule has 4 nitrogen and oxygen atoms in total. The van der Waals surface area contributed by atoms with Gasteiger partial charge < -0.3 is 10.2 Å². The number of nitrogens with zero attached hydrogens (tertiary/aromatic N) is 3. The van der Waals surface area contributed by atoms with Gasteiger partial charge in [0.2, 0.25) is 5.28 Å². The summed E-state index contributed by atoms with van der Waals surface area (Å²) in [6.07, 6.45) is 2.54. The molecule has 1 atom stereocenters. The molecule has 0 aliphatic carbocycles. The summed E-state index contributed by atoms with van der Waals surface area (Å²) in [5.41, 5.74) is 0.891. The second-order valence-corrected chi connectivity index (χ2v) is 4.66. The predicted molar refractivity (Wildman–Crippen MR) is 65.9 cm³/mol. The molecule has 0 radical (unpaired) electrons. The van der Waals surface area contributed by atoms with Crippen LogP contribution in [0.1, 0.15) is 18.5 Å². The second-order valence-electron chi connectivity index (χ2n) is 4.32. The van der Waals surface area contributed by atoms with E-state index < -0.39 is 0 Å². The summed E-state index contributed by atoms with van der Waals surface area (Å²) < 4.78 is 0. The number of hydrogen-bond acceptors (Lipinski definition) is 4. The van der Waals surface area contributed by atoms with E-state index in [2.05, 4.69) is 27.2 Å². The summed E-state index contributed by atoms with van der Waals surface area (Å²) in [6, 6.07) is 2.52. The molecule has 5 heteroatoms. The minimum absolute atomic E-state index is 0.308. The molecule has 16 heavy (non-hydrogen) atoms. The van der Waals surface area contributed by atoms with Gasteiger partial charge >= 0.3 is 0 Å². The van der Waals surface area contributed by atoms with E-state index in [0.717, 1.165) is 18.1 Å². The molecule has 0 bridgehead atoms. The fourth-order valence-corrected chi connectivity index (χ4v) is 2.31. The van der Waals surface area contributed by atoms with E-state index in [1.165, 1.54) is 19.4 Å². The third-order valence-corrected chi connectivity index (χ3v) is 3.19. The number of hydrogen-bond donors (Lipinski definition) is 1. The summed E-state index contributed by atoms with van der Waals surface area (Å²) in [4.78, 5) is 10.6. The molecular formula is C11H17ClN4. The first-order chi connectivity index (χ1) is 7.65. The number of aryl methyl sites for hydroxylation is 1. The van der Waals surface area contributed by atoms with Crippen LogP contribution < -0.4 is 5.32 Å². The molecule has 88 valence electrons. The van der Waals surface area contributed by atoms with Crippen LogP contribution in [0.5, 0.6) is 0 Å². The zero-order chi connectivity index (χ0) is 11.5. The van der Waals surface area contributed by atoms with E-state index in [4.69, 9.17) is 11.6 Å². The summed E-state index contributed by atoms with van der Waals surface area (Å²) in [5, 5.41) is 3.63. The first kappa shape index (κ1) is 11.6. The van der Waals surface area contributed by atoms with Gasteiger partial charge in [0.1, 0.15) is 5.82 Å². The van der Waals surface area contributed by atoms with Crippen molar-refractivity contribution in [2.24, 2.45) is 0 Å². The van der Waals surface area contributed by atoms with Crippen molar-refractivity contribution in [1.82, 2.24) is 14.9 Å². The summed E-state index contributed by atoms with van der Waals surface area (Å²) in [7, 11) is 2.16. The molecule has 2 heterocycles. The average molecular weight is 241 g/mol. The Kier molecular flexibility index (Phi) is 3.61. The maximum atomic E-state index is 5.80. The van der Waals surface area contributed by atoms with Gasteiger partial charge in [-0.05, 0) is 45.0 Å². The fourth-order valence-electron chi connectivity index (χ4n) is 2.08. The van der Waals surface area contributed by atoms with Crippen molar-refractivity contribution < 1.29 is 0 Å². The van der Waals surface area contributed by atoms with Gasteiger partial charge in [-0.2, -0.15) is 0 Å². The highest BCUT2D eigenvalue weighted by molar-refractivity contribution is 6.28. The van der Waals surface area contributed by atoms with Crippen LogP contribution in [0.2, 0.25) is 5.28 Å². The van der Waals surface area contributed by atoms with E-state index in [-0.39, 0.29) is 0 Å². The van der Waals surface area contributed by atoms with Gasteiger partial charge in [0.25, 0.3) is 0 Å². The minimum Gasteiger partial charge on any atom is -0.368 e. The SMILES string of the molecule is Cc1cc(NCC2CCCN2C)nc(Cl)n1. The maximum Gasteiger partial charge on any atom is 0.224 e. The molecule has 1 unspecified atom stereocenters. The molecule has 1 N–H and O–H groups in total. The topological polar surface area (TPSA) is 41.0 Å². The van der Waals surface area contributed by atoms with Gasteiger partial charge in [-0.25, -0.2) is 9.97 Å². The highest BCUT2D eigenvalue weighted by Crippen LogP contribution is 2.16. The standard InChI is InChI=1S/C11H17ClN4/c1-8-6-10(15-11(12)14-8)13-7-9-4-3-5-16(9)2/h6,9H,3-5,7H2,1-2H3,(H,13,14,15). The quantitative estimate of drug-likeness (QED) is 0.820. The number of nitrogens with one attached hydrogen (secondary N) is 1. The Labute approximate surface area is 101 Å². The van der Waals surface area contributed by atoms with Gasteiger partial charge in [-0.1, -0.05) is 0 Å². The van der Waals surface area contributed by atoms with Gasteiger partial charge in [0, 0.05) is 24.3 Å². The molecule has 1 saturated heterocycles. The smallest absolute Gasteiger partial charge is 0.224 e. The van der Waals surface area contributed by atoms with Gasteiger partial charge in [0.05, 0.1) is 0 Å².